The second-order valence-corrected chi connectivity index (χ2v) is 8.13. The Kier molecular flexibility index (Phi) is 5.17. The summed E-state index contributed by atoms with van der Waals surface area (Å²) in [7, 11) is 0. The Hall–Kier alpha value is -0.0900. The van der Waals surface area contributed by atoms with Crippen molar-refractivity contribution in [2.24, 2.45) is 10.4 Å². The lowest BCUT2D eigenvalue weighted by atomic mass is 9.85. The molecule has 1 aliphatic heterocycles. The number of hydrogen-bond donors (Lipinski definition) is 1. The molecular formula is C14H17Cl3N2S. The molecule has 1 heterocycles. The fourth-order valence-corrected chi connectivity index (χ4v) is 3.45. The highest BCUT2D eigenvalue weighted by atomic mass is 35.5. The normalized spacial score (nSPS) is 19.7. The van der Waals surface area contributed by atoms with E-state index in [0.29, 0.717) is 21.1 Å². The maximum Gasteiger partial charge on any atom is 0.161 e. The smallest absolute Gasteiger partial charge is 0.161 e. The number of anilines is 1. The highest BCUT2D eigenvalue weighted by Gasteiger charge is 2.27. The highest BCUT2D eigenvalue weighted by molar-refractivity contribution is 8.14. The summed E-state index contributed by atoms with van der Waals surface area (Å²) in [4.78, 5) is 4.78. The van der Waals surface area contributed by atoms with Crippen LogP contribution in [-0.4, -0.2) is 17.0 Å². The van der Waals surface area contributed by atoms with Crippen molar-refractivity contribution in [1.29, 1.82) is 0 Å². The van der Waals surface area contributed by atoms with Crippen LogP contribution in [0.3, 0.4) is 0 Å². The first-order valence-electron chi connectivity index (χ1n) is 6.39. The lowest BCUT2D eigenvalue weighted by molar-refractivity contribution is 0.316. The lowest BCUT2D eigenvalue weighted by Crippen LogP contribution is -2.30. The van der Waals surface area contributed by atoms with Crippen molar-refractivity contribution < 1.29 is 0 Å². The predicted octanol–water partition coefficient (Wildman–Crippen LogP) is 5.97. The number of rotatable bonds is 1. The maximum atomic E-state index is 6.18. The summed E-state index contributed by atoms with van der Waals surface area (Å²) >= 11 is 19.8. The Balaban J connectivity index is 2.21. The fourth-order valence-electron chi connectivity index (χ4n) is 1.94. The molecule has 1 unspecified atom stereocenters. The minimum Gasteiger partial charge on any atom is -0.334 e. The van der Waals surface area contributed by atoms with E-state index in [4.69, 9.17) is 39.8 Å². The molecule has 0 saturated carbocycles. The van der Waals surface area contributed by atoms with Crippen molar-refractivity contribution in [3.8, 4) is 0 Å². The molecule has 1 N–H and O–H groups in total. The molecule has 1 aliphatic rings. The van der Waals surface area contributed by atoms with Crippen LogP contribution >= 0.6 is 46.6 Å². The zero-order chi connectivity index (χ0) is 14.9. The Morgan fingerprint density at radius 3 is 2.45 bits per heavy atom. The molecule has 0 aromatic heterocycles. The molecule has 0 amide bonds. The van der Waals surface area contributed by atoms with E-state index in [1.54, 1.807) is 23.9 Å². The largest absolute Gasteiger partial charge is 0.334 e. The van der Waals surface area contributed by atoms with Crippen LogP contribution < -0.4 is 5.32 Å². The minimum absolute atomic E-state index is 0.162. The summed E-state index contributed by atoms with van der Waals surface area (Å²) in [6, 6.07) is 3.69. The van der Waals surface area contributed by atoms with Gasteiger partial charge in [-0.1, -0.05) is 67.3 Å². The molecule has 0 aliphatic carbocycles. The number of hydrogen-bond acceptors (Lipinski definition) is 3. The number of benzene rings is 1. The molecule has 0 fully saturated rings. The van der Waals surface area contributed by atoms with E-state index in [1.165, 1.54) is 0 Å². The highest BCUT2D eigenvalue weighted by Crippen LogP contribution is 2.35. The van der Waals surface area contributed by atoms with Crippen molar-refractivity contribution in [3.05, 3.63) is 27.2 Å². The summed E-state index contributed by atoms with van der Waals surface area (Å²) < 4.78 is 0. The van der Waals surface area contributed by atoms with E-state index in [9.17, 15) is 0 Å². The van der Waals surface area contributed by atoms with E-state index in [1.807, 2.05) is 0 Å². The van der Waals surface area contributed by atoms with Crippen molar-refractivity contribution in [2.45, 2.75) is 33.2 Å². The van der Waals surface area contributed by atoms with Gasteiger partial charge in [0.05, 0.1) is 26.8 Å². The predicted molar refractivity (Wildman–Crippen MR) is 92.8 cm³/mol. The maximum absolute atomic E-state index is 6.18. The van der Waals surface area contributed by atoms with Crippen LogP contribution in [-0.2, 0) is 0 Å². The van der Waals surface area contributed by atoms with Crippen molar-refractivity contribution >= 4 is 57.4 Å². The van der Waals surface area contributed by atoms with Crippen molar-refractivity contribution in [2.75, 3.05) is 11.1 Å². The molecule has 0 radical (unpaired) electrons. The van der Waals surface area contributed by atoms with Crippen LogP contribution in [0.4, 0.5) is 5.69 Å². The van der Waals surface area contributed by atoms with Gasteiger partial charge in [-0.2, -0.15) is 0 Å². The van der Waals surface area contributed by atoms with Gasteiger partial charge in [0.2, 0.25) is 0 Å². The molecule has 1 aromatic rings. The Bertz CT molecular complexity index is 538. The van der Waals surface area contributed by atoms with Gasteiger partial charge in [-0.3, -0.25) is 4.99 Å². The molecule has 2 nitrogen and oxygen atoms in total. The number of halogens is 3. The van der Waals surface area contributed by atoms with Crippen molar-refractivity contribution in [1.82, 2.24) is 0 Å². The van der Waals surface area contributed by atoms with Gasteiger partial charge >= 0.3 is 0 Å². The second kappa shape index (κ2) is 6.35. The molecule has 0 bridgehead atoms. The first-order chi connectivity index (χ1) is 9.27. The first kappa shape index (κ1) is 16.3. The van der Waals surface area contributed by atoms with Crippen LogP contribution in [0.2, 0.25) is 15.1 Å². The van der Waals surface area contributed by atoms with Crippen LogP contribution in [0.5, 0.6) is 0 Å². The van der Waals surface area contributed by atoms with Gasteiger partial charge in [-0.05, 0) is 24.0 Å². The summed E-state index contributed by atoms with van der Waals surface area (Å²) in [5, 5.41) is 5.62. The van der Waals surface area contributed by atoms with Gasteiger partial charge in [-0.15, -0.1) is 0 Å². The van der Waals surface area contributed by atoms with Crippen LogP contribution in [0.15, 0.2) is 17.1 Å². The van der Waals surface area contributed by atoms with Crippen LogP contribution in [0, 0.1) is 5.41 Å². The van der Waals surface area contributed by atoms with Gasteiger partial charge in [0, 0.05) is 5.75 Å². The van der Waals surface area contributed by atoms with E-state index in [0.717, 1.165) is 23.0 Å². The second-order valence-electron chi connectivity index (χ2n) is 5.82. The summed E-state index contributed by atoms with van der Waals surface area (Å²) in [5.74, 6) is 1.05. The first-order valence-corrected chi connectivity index (χ1v) is 8.51. The Morgan fingerprint density at radius 1 is 1.15 bits per heavy atom. The molecule has 0 saturated heterocycles. The van der Waals surface area contributed by atoms with E-state index < -0.39 is 0 Å². The van der Waals surface area contributed by atoms with Gasteiger partial charge in [-0.25, -0.2) is 0 Å². The average molecular weight is 352 g/mol. The topological polar surface area (TPSA) is 24.4 Å². The molecule has 1 atom stereocenters. The number of thioether (sulfide) groups is 1. The zero-order valence-corrected chi connectivity index (χ0v) is 14.7. The molecule has 0 spiro atoms. The molecular weight excluding hydrogens is 335 g/mol. The summed E-state index contributed by atoms with van der Waals surface area (Å²) in [6.45, 7) is 6.63. The SMILES string of the molecule is CC(C)(C)C1CCSC(Nc2cc(Cl)c(Cl)cc2Cl)=N1. The fraction of sp³-hybridized carbons (Fsp3) is 0.500. The van der Waals surface area contributed by atoms with Gasteiger partial charge in [0.25, 0.3) is 0 Å². The summed E-state index contributed by atoms with van der Waals surface area (Å²) in [6.07, 6.45) is 1.09. The van der Waals surface area contributed by atoms with E-state index in [-0.39, 0.29) is 5.41 Å². The van der Waals surface area contributed by atoms with Crippen LogP contribution in [0.1, 0.15) is 27.2 Å². The molecule has 6 heteroatoms. The van der Waals surface area contributed by atoms with Gasteiger partial charge in [0.15, 0.2) is 5.17 Å². The third-order valence-electron chi connectivity index (χ3n) is 3.15. The monoisotopic (exact) mass is 350 g/mol. The van der Waals surface area contributed by atoms with Crippen LogP contribution in [0.25, 0.3) is 0 Å². The quantitative estimate of drug-likeness (QED) is 0.631. The molecule has 2 rings (SSSR count). The number of nitrogens with zero attached hydrogens (tertiary/aromatic N) is 1. The average Bonchev–Trinajstić information content (AvgIpc) is 2.35. The standard InChI is InChI=1S/C14H17Cl3N2S/c1-14(2,3)12-4-5-20-13(19-12)18-11-7-9(16)8(15)6-10(11)17/h6-7,12H,4-5H2,1-3H3,(H,18,19). The Morgan fingerprint density at radius 2 is 1.80 bits per heavy atom. The number of aliphatic imine (C=N–C) groups is 1. The van der Waals surface area contributed by atoms with Gasteiger partial charge in [0.1, 0.15) is 0 Å². The molecule has 20 heavy (non-hydrogen) atoms. The third-order valence-corrected chi connectivity index (χ3v) is 5.11. The molecule has 1 aromatic carbocycles. The van der Waals surface area contributed by atoms with Crippen molar-refractivity contribution in [3.63, 3.8) is 0 Å². The number of amidine groups is 1. The van der Waals surface area contributed by atoms with E-state index >= 15 is 0 Å². The zero-order valence-electron chi connectivity index (χ0n) is 11.6. The molecule has 110 valence electrons. The summed E-state index contributed by atoms with van der Waals surface area (Å²) in [5.41, 5.74) is 0.900. The number of nitrogens with one attached hydrogen (secondary N) is 1. The minimum atomic E-state index is 0.162. The lowest BCUT2D eigenvalue weighted by Gasteiger charge is -2.31. The van der Waals surface area contributed by atoms with E-state index in [2.05, 4.69) is 26.1 Å². The third kappa shape index (κ3) is 3.97. The Labute approximate surface area is 139 Å². The van der Waals surface area contributed by atoms with Gasteiger partial charge < -0.3 is 5.32 Å².